The van der Waals surface area contributed by atoms with Crippen molar-refractivity contribution in [3.05, 3.63) is 0 Å². The van der Waals surface area contributed by atoms with Crippen LogP contribution >= 0.6 is 0 Å². The van der Waals surface area contributed by atoms with Crippen LogP contribution in [0.5, 0.6) is 0 Å². The van der Waals surface area contributed by atoms with Crippen LogP contribution in [0.3, 0.4) is 0 Å². The van der Waals surface area contributed by atoms with Crippen LogP contribution < -0.4 is 0 Å². The second kappa shape index (κ2) is 19.3. The molecule has 4 unspecified atom stereocenters. The molecule has 0 saturated carbocycles. The third-order valence-corrected chi connectivity index (χ3v) is 16.9. The van der Waals surface area contributed by atoms with Crippen molar-refractivity contribution in [2.75, 3.05) is 21.3 Å². The highest BCUT2D eigenvalue weighted by Gasteiger charge is 2.69. The van der Waals surface area contributed by atoms with Gasteiger partial charge in [-0.2, -0.15) is 5.26 Å². The highest BCUT2D eigenvalue weighted by molar-refractivity contribution is 5.72. The monoisotopic (exact) mass is 885 g/mol. The van der Waals surface area contributed by atoms with Gasteiger partial charge in [-0.15, -0.1) is 0 Å². The lowest BCUT2D eigenvalue weighted by Crippen LogP contribution is -2.59. The average Bonchev–Trinajstić information content (AvgIpc) is 3.98. The first-order chi connectivity index (χ1) is 29.3. The molecule has 7 fully saturated rings. The molecule has 358 valence electrons. The molecule has 0 amide bonds. The van der Waals surface area contributed by atoms with E-state index in [1.807, 2.05) is 20.8 Å². The van der Waals surface area contributed by atoms with E-state index in [0.29, 0.717) is 19.3 Å². The summed E-state index contributed by atoms with van der Waals surface area (Å²) in [4.78, 5) is 17.0. The van der Waals surface area contributed by atoms with Gasteiger partial charge >= 0.3 is 5.97 Å². The van der Waals surface area contributed by atoms with Gasteiger partial charge in [-0.3, -0.25) is 0 Å². The van der Waals surface area contributed by atoms with Gasteiger partial charge in [-0.1, -0.05) is 41.5 Å². The number of ether oxygens (including phenoxy) is 11. The van der Waals surface area contributed by atoms with Crippen molar-refractivity contribution < 1.29 is 72.2 Å². The molecule has 7 rings (SSSR count). The molecule has 1 spiro atoms. The molecule has 0 aromatic carbocycles. The van der Waals surface area contributed by atoms with Crippen molar-refractivity contribution in [2.24, 2.45) is 41.4 Å². The average molecular weight is 885 g/mol. The fourth-order valence-electron chi connectivity index (χ4n) is 12.9. The van der Waals surface area contributed by atoms with Crippen molar-refractivity contribution in [2.45, 2.75) is 230 Å². The van der Waals surface area contributed by atoms with Gasteiger partial charge in [0, 0.05) is 70.2 Å². The van der Waals surface area contributed by atoms with Crippen molar-refractivity contribution in [1.82, 2.24) is 0 Å². The minimum absolute atomic E-state index is 0.00297. The third kappa shape index (κ3) is 9.04. The quantitative estimate of drug-likeness (QED) is 0.162. The summed E-state index contributed by atoms with van der Waals surface area (Å²) in [6.07, 6.45) is 3.29. The zero-order valence-corrected chi connectivity index (χ0v) is 39.7. The fraction of sp³-hybridized carbons (Fsp3) is 0.979. The van der Waals surface area contributed by atoms with Gasteiger partial charge in [0.25, 0.3) is 0 Å². The first kappa shape index (κ1) is 48.9. The number of aliphatic hydroxyl groups is 1. The normalized spacial score (nSPS) is 53.0. The maximum atomic E-state index is 12.8. The summed E-state index contributed by atoms with van der Waals surface area (Å²) in [5.41, 5.74) is -0.849. The molecule has 7 heterocycles. The van der Waals surface area contributed by atoms with Crippen LogP contribution in [0.25, 0.3) is 0 Å². The zero-order chi connectivity index (χ0) is 45.1. The van der Waals surface area contributed by atoms with Crippen LogP contribution in [-0.4, -0.2) is 140 Å². The largest absolute Gasteiger partial charge is 0.381 e. The third-order valence-electron chi connectivity index (χ3n) is 16.9. The predicted molar refractivity (Wildman–Crippen MR) is 225 cm³/mol. The molecular weight excluding hydrogens is 805 g/mol. The van der Waals surface area contributed by atoms with Crippen molar-refractivity contribution >= 4 is 5.97 Å². The molecule has 2 N–H and O–H groups in total. The van der Waals surface area contributed by atoms with Crippen LogP contribution in [-0.2, 0) is 61.8 Å². The summed E-state index contributed by atoms with van der Waals surface area (Å²) < 4.78 is 72.8. The molecular formula is C47H80O15. The van der Waals surface area contributed by atoms with Gasteiger partial charge < -0.3 is 62.1 Å². The summed E-state index contributed by atoms with van der Waals surface area (Å²) in [5.74, 6) is -4.11. The van der Waals surface area contributed by atoms with E-state index in [-0.39, 0.29) is 109 Å². The summed E-state index contributed by atoms with van der Waals surface area (Å²) in [7, 11) is 5.18. The Labute approximate surface area is 370 Å². The van der Waals surface area contributed by atoms with E-state index >= 15 is 0 Å². The second-order valence-electron chi connectivity index (χ2n) is 20.8. The summed E-state index contributed by atoms with van der Waals surface area (Å²) in [6.45, 7) is 20.2. The molecule has 0 aromatic heterocycles. The summed E-state index contributed by atoms with van der Waals surface area (Å²) >= 11 is 0. The second-order valence-corrected chi connectivity index (χ2v) is 20.8. The van der Waals surface area contributed by atoms with Gasteiger partial charge in [-0.05, 0) is 72.1 Å². The number of hydrogen-bond acceptors (Lipinski definition) is 15. The lowest BCUT2D eigenvalue weighted by molar-refractivity contribution is -0.353. The SMILES string of the molecule is CO[C@H]1CC[C@@H](O[C@H]2[C@@H](C)[C@@H]([C@@H](C)C(=O)OO)O[C@@H](C[C@@H]3C[C@@H](OC)C(C)C4(O3)O[C@](C)(C3CC[C@@H]([C@H]5CC[C@H](C6O[C@](C)(O)[C@H](C)C[C@@H]6C)O5)O3)[C@H](OC)[C@H]4C)[C@H]2C)O[C@@H]1C. The molecule has 0 aliphatic carbocycles. The highest BCUT2D eigenvalue weighted by Crippen LogP contribution is 2.57. The van der Waals surface area contributed by atoms with E-state index in [4.69, 9.17) is 52.1 Å². The first-order valence-electron chi connectivity index (χ1n) is 23.8. The van der Waals surface area contributed by atoms with Gasteiger partial charge in [0.1, 0.15) is 5.60 Å². The molecule has 7 aliphatic rings. The molecule has 0 bridgehead atoms. The smallest absolute Gasteiger partial charge is 0.347 e. The van der Waals surface area contributed by atoms with Crippen LogP contribution in [0.2, 0.25) is 0 Å². The molecule has 7 aliphatic heterocycles. The van der Waals surface area contributed by atoms with E-state index in [2.05, 4.69) is 39.5 Å². The number of hydrogen-bond donors (Lipinski definition) is 2. The van der Waals surface area contributed by atoms with E-state index in [1.165, 1.54) is 0 Å². The minimum atomic E-state index is -1.17. The molecule has 0 radical (unpaired) electrons. The van der Waals surface area contributed by atoms with E-state index in [0.717, 1.165) is 38.5 Å². The predicted octanol–water partition coefficient (Wildman–Crippen LogP) is 6.43. The Balaban J connectivity index is 1.07. The molecule has 7 saturated heterocycles. The lowest BCUT2D eigenvalue weighted by Gasteiger charge is -2.52. The van der Waals surface area contributed by atoms with E-state index < -0.39 is 41.5 Å². The fourth-order valence-corrected chi connectivity index (χ4v) is 12.9. The summed E-state index contributed by atoms with van der Waals surface area (Å²) in [5, 5.41) is 20.4. The first-order valence-corrected chi connectivity index (χ1v) is 23.8. The van der Waals surface area contributed by atoms with Gasteiger partial charge in [0.2, 0.25) is 0 Å². The van der Waals surface area contributed by atoms with Crippen molar-refractivity contribution in [3.8, 4) is 0 Å². The Morgan fingerprint density at radius 3 is 2.10 bits per heavy atom. The number of carbonyl (C=O) groups is 1. The van der Waals surface area contributed by atoms with Gasteiger partial charge in [-0.25, -0.2) is 4.79 Å². The number of rotatable bonds is 12. The van der Waals surface area contributed by atoms with Crippen LogP contribution in [0.15, 0.2) is 0 Å². The Hall–Kier alpha value is -1.05. The van der Waals surface area contributed by atoms with Crippen molar-refractivity contribution in [3.63, 3.8) is 0 Å². The molecule has 24 atom stereocenters. The topological polar surface area (TPSA) is 168 Å². The highest BCUT2D eigenvalue weighted by atomic mass is 17.1. The Kier molecular flexibility index (Phi) is 15.2. The maximum Gasteiger partial charge on any atom is 0.347 e. The Morgan fingerprint density at radius 1 is 0.758 bits per heavy atom. The van der Waals surface area contributed by atoms with Gasteiger partial charge in [0.15, 0.2) is 17.9 Å². The van der Waals surface area contributed by atoms with Crippen molar-refractivity contribution in [1.29, 1.82) is 0 Å². The lowest BCUT2D eigenvalue weighted by atomic mass is 9.75. The Morgan fingerprint density at radius 2 is 1.44 bits per heavy atom. The minimum Gasteiger partial charge on any atom is -0.381 e. The van der Waals surface area contributed by atoms with Crippen LogP contribution in [0.1, 0.15) is 127 Å². The number of methoxy groups -OCH3 is 3. The standard InChI is InChI=1S/C47H80O15/c1-23-20-24(2)46(10,49)60-40(23)35-15-14-33(55-35)34-16-18-38(56-34)45(9)43(53-13)29(7)47(62-45)28(6)37(52-12)22-31(59-47)21-36-25(3)41(26(4)42(57-36)27(5)44(48)61-50)58-39-19-17-32(51-11)30(8)54-39/h23-43,49-50H,14-22H2,1-13H3/t23-,24+,25+,26+,27+,28?,29+,30+,31+,32-,33+,34-,35+,36-,37+,38?,39+,40?,41+,42-,43+,45+,46-,47?/m0/s1. The zero-order valence-electron chi connectivity index (χ0n) is 39.7. The van der Waals surface area contributed by atoms with Crippen LogP contribution in [0, 0.1) is 41.4 Å². The number of carbonyl (C=O) groups excluding carboxylic acids is 1. The summed E-state index contributed by atoms with van der Waals surface area (Å²) in [6, 6.07) is 0. The molecule has 0 aromatic rings. The molecule has 62 heavy (non-hydrogen) atoms. The molecule has 15 heteroatoms. The van der Waals surface area contributed by atoms with E-state index in [1.54, 1.807) is 35.2 Å². The molecule has 15 nitrogen and oxygen atoms in total. The maximum absolute atomic E-state index is 12.8. The Bertz CT molecular complexity index is 1500. The van der Waals surface area contributed by atoms with Crippen LogP contribution in [0.4, 0.5) is 0 Å². The van der Waals surface area contributed by atoms with E-state index in [9.17, 15) is 15.2 Å². The van der Waals surface area contributed by atoms with Gasteiger partial charge in [0.05, 0.1) is 85.3 Å².